The number of carbonyl (C=O) groups excluding carboxylic acids is 1. The molecule has 1 atom stereocenters. The van der Waals surface area contributed by atoms with Crippen molar-refractivity contribution in [1.29, 1.82) is 0 Å². The summed E-state index contributed by atoms with van der Waals surface area (Å²) in [6.45, 7) is 3.16. The van der Waals surface area contributed by atoms with Gasteiger partial charge in [0.1, 0.15) is 11.6 Å². The number of furan rings is 1. The molecule has 1 aliphatic heterocycles. The Hall–Kier alpha value is -2.51. The molecule has 152 valence electrons. The van der Waals surface area contributed by atoms with Crippen molar-refractivity contribution in [3.8, 4) is 0 Å². The van der Waals surface area contributed by atoms with E-state index in [9.17, 15) is 18.0 Å². The second-order valence-corrected chi connectivity index (χ2v) is 7.19. The lowest BCUT2D eigenvalue weighted by molar-refractivity contribution is -0.137. The summed E-state index contributed by atoms with van der Waals surface area (Å²) >= 11 is 0. The Kier molecular flexibility index (Phi) is 6.26. The summed E-state index contributed by atoms with van der Waals surface area (Å²) in [4.78, 5) is 18.3. The van der Waals surface area contributed by atoms with Gasteiger partial charge in [-0.3, -0.25) is 4.79 Å². The molecule has 1 fully saturated rings. The van der Waals surface area contributed by atoms with Gasteiger partial charge in [-0.15, -0.1) is 0 Å². The summed E-state index contributed by atoms with van der Waals surface area (Å²) in [5, 5.41) is 3.05. The number of aromatic nitrogens is 1. The normalized spacial score (nSPS) is 16.8. The maximum absolute atomic E-state index is 12.6. The minimum absolute atomic E-state index is 0.0342. The topological polar surface area (TPSA) is 58.4 Å². The van der Waals surface area contributed by atoms with E-state index in [0.29, 0.717) is 31.7 Å². The van der Waals surface area contributed by atoms with Crippen LogP contribution >= 0.6 is 0 Å². The second-order valence-electron chi connectivity index (χ2n) is 7.19. The van der Waals surface area contributed by atoms with Crippen molar-refractivity contribution in [2.45, 2.75) is 44.8 Å². The van der Waals surface area contributed by atoms with E-state index >= 15 is 0 Å². The van der Waals surface area contributed by atoms with Crippen LogP contribution < -0.4 is 10.2 Å². The number of pyridine rings is 1. The summed E-state index contributed by atoms with van der Waals surface area (Å²) < 4.78 is 43.2. The third-order valence-electron chi connectivity index (χ3n) is 5.06. The minimum Gasteiger partial charge on any atom is -0.469 e. The van der Waals surface area contributed by atoms with Gasteiger partial charge in [0, 0.05) is 37.7 Å². The number of anilines is 1. The highest BCUT2D eigenvalue weighted by molar-refractivity contribution is 5.79. The molecule has 0 unspecified atom stereocenters. The molecule has 0 saturated carbocycles. The van der Waals surface area contributed by atoms with E-state index in [-0.39, 0.29) is 17.9 Å². The summed E-state index contributed by atoms with van der Waals surface area (Å²) in [6.07, 6.45) is 0.982. The SMILES string of the molecule is C[C@@H](CCc1ccco1)NC(=O)C1CCN(c2ccc(C(F)(F)F)cn2)CC1. The van der Waals surface area contributed by atoms with E-state index in [1.807, 2.05) is 24.0 Å². The van der Waals surface area contributed by atoms with Crippen molar-refractivity contribution < 1.29 is 22.4 Å². The maximum Gasteiger partial charge on any atom is 0.417 e. The molecule has 3 rings (SSSR count). The first-order chi connectivity index (χ1) is 13.3. The molecule has 8 heteroatoms. The van der Waals surface area contributed by atoms with Gasteiger partial charge in [-0.2, -0.15) is 13.2 Å². The molecule has 1 saturated heterocycles. The molecule has 0 aromatic carbocycles. The minimum atomic E-state index is -4.38. The zero-order valence-corrected chi connectivity index (χ0v) is 15.7. The third-order valence-corrected chi connectivity index (χ3v) is 5.06. The first kappa shape index (κ1) is 20.2. The Morgan fingerprint density at radius 3 is 2.64 bits per heavy atom. The number of hydrogen-bond acceptors (Lipinski definition) is 4. The van der Waals surface area contributed by atoms with Gasteiger partial charge in [0.15, 0.2) is 0 Å². The molecule has 0 radical (unpaired) electrons. The lowest BCUT2D eigenvalue weighted by Crippen LogP contribution is -2.43. The van der Waals surface area contributed by atoms with Gasteiger partial charge in [-0.05, 0) is 50.5 Å². The van der Waals surface area contributed by atoms with Crippen LogP contribution in [0.15, 0.2) is 41.1 Å². The number of alkyl halides is 3. The smallest absolute Gasteiger partial charge is 0.417 e. The van der Waals surface area contributed by atoms with Crippen molar-refractivity contribution in [2.75, 3.05) is 18.0 Å². The summed E-state index contributed by atoms with van der Waals surface area (Å²) in [5.41, 5.74) is -0.756. The zero-order valence-electron chi connectivity index (χ0n) is 15.7. The standard InChI is InChI=1S/C20H24F3N3O2/c1-14(4-6-17-3-2-12-28-17)25-19(27)15-8-10-26(11-9-15)18-7-5-16(13-24-18)20(21,22)23/h2-3,5,7,12-15H,4,6,8-11H2,1H3,(H,25,27)/t14-/m0/s1. The number of hydrogen-bond donors (Lipinski definition) is 1. The first-order valence-electron chi connectivity index (χ1n) is 9.44. The highest BCUT2D eigenvalue weighted by Gasteiger charge is 2.31. The highest BCUT2D eigenvalue weighted by Crippen LogP contribution is 2.30. The van der Waals surface area contributed by atoms with E-state index < -0.39 is 11.7 Å². The predicted octanol–water partition coefficient (Wildman–Crippen LogP) is 4.05. The number of aryl methyl sites for hydroxylation is 1. The van der Waals surface area contributed by atoms with Gasteiger partial charge in [-0.25, -0.2) is 4.98 Å². The van der Waals surface area contributed by atoms with Crippen LogP contribution in [-0.4, -0.2) is 30.0 Å². The number of halogens is 3. The molecule has 0 aliphatic carbocycles. The van der Waals surface area contributed by atoms with Crippen molar-refractivity contribution in [3.05, 3.63) is 48.0 Å². The fourth-order valence-electron chi connectivity index (χ4n) is 3.36. The molecule has 2 aromatic rings. The Labute approximate surface area is 161 Å². The van der Waals surface area contributed by atoms with E-state index in [2.05, 4.69) is 10.3 Å². The molecule has 28 heavy (non-hydrogen) atoms. The fraction of sp³-hybridized carbons (Fsp3) is 0.500. The lowest BCUT2D eigenvalue weighted by Gasteiger charge is -2.32. The third kappa shape index (κ3) is 5.27. The fourth-order valence-corrected chi connectivity index (χ4v) is 3.36. The van der Waals surface area contributed by atoms with Crippen LogP contribution in [-0.2, 0) is 17.4 Å². The van der Waals surface area contributed by atoms with Crippen LogP contribution in [0.1, 0.15) is 37.5 Å². The van der Waals surface area contributed by atoms with Crippen LogP contribution in [0.5, 0.6) is 0 Å². The van der Waals surface area contributed by atoms with Gasteiger partial charge in [0.05, 0.1) is 11.8 Å². The zero-order chi connectivity index (χ0) is 20.1. The molecule has 0 spiro atoms. The van der Waals surface area contributed by atoms with Gasteiger partial charge in [0.25, 0.3) is 0 Å². The van der Waals surface area contributed by atoms with Crippen molar-refractivity contribution in [3.63, 3.8) is 0 Å². The number of nitrogens with one attached hydrogen (secondary N) is 1. The maximum atomic E-state index is 12.6. The van der Waals surface area contributed by atoms with Crippen LogP contribution in [0, 0.1) is 5.92 Å². The average molecular weight is 395 g/mol. The van der Waals surface area contributed by atoms with Crippen LogP contribution in [0.25, 0.3) is 0 Å². The van der Waals surface area contributed by atoms with Gasteiger partial charge in [-0.1, -0.05) is 0 Å². The lowest BCUT2D eigenvalue weighted by atomic mass is 9.95. The molecule has 1 N–H and O–H groups in total. The molecular weight excluding hydrogens is 371 g/mol. The summed E-state index contributed by atoms with van der Waals surface area (Å²) in [5.74, 6) is 1.36. The quantitative estimate of drug-likeness (QED) is 0.802. The van der Waals surface area contributed by atoms with Crippen molar-refractivity contribution >= 4 is 11.7 Å². The van der Waals surface area contributed by atoms with Crippen LogP contribution in [0.2, 0.25) is 0 Å². The van der Waals surface area contributed by atoms with Crippen LogP contribution in [0.3, 0.4) is 0 Å². The monoisotopic (exact) mass is 395 g/mol. The van der Waals surface area contributed by atoms with E-state index in [0.717, 1.165) is 30.9 Å². The molecule has 2 aromatic heterocycles. The number of amides is 1. The van der Waals surface area contributed by atoms with E-state index in [4.69, 9.17) is 4.42 Å². The Morgan fingerprint density at radius 2 is 2.07 bits per heavy atom. The summed E-state index contributed by atoms with van der Waals surface area (Å²) in [6, 6.07) is 6.24. The Bertz CT molecular complexity index is 752. The van der Waals surface area contributed by atoms with Crippen LogP contribution in [0.4, 0.5) is 19.0 Å². The molecular formula is C20H24F3N3O2. The molecule has 3 heterocycles. The van der Waals surface area contributed by atoms with Gasteiger partial charge in [0.2, 0.25) is 5.91 Å². The van der Waals surface area contributed by atoms with Crippen molar-refractivity contribution in [2.24, 2.45) is 5.92 Å². The van der Waals surface area contributed by atoms with Gasteiger partial charge < -0.3 is 14.6 Å². The molecule has 1 aliphatic rings. The predicted molar refractivity (Wildman–Crippen MR) is 98.8 cm³/mol. The average Bonchev–Trinajstić information content (AvgIpc) is 3.19. The molecule has 1 amide bonds. The number of piperidine rings is 1. The Morgan fingerprint density at radius 1 is 1.32 bits per heavy atom. The van der Waals surface area contributed by atoms with E-state index in [1.165, 1.54) is 6.07 Å². The first-order valence-corrected chi connectivity index (χ1v) is 9.44. The Balaban J connectivity index is 1.44. The van der Waals surface area contributed by atoms with Gasteiger partial charge >= 0.3 is 6.18 Å². The van der Waals surface area contributed by atoms with E-state index in [1.54, 1.807) is 6.26 Å². The molecule has 0 bridgehead atoms. The molecule has 5 nitrogen and oxygen atoms in total. The number of nitrogens with zero attached hydrogens (tertiary/aromatic N) is 2. The van der Waals surface area contributed by atoms with Crippen molar-refractivity contribution in [1.82, 2.24) is 10.3 Å². The largest absolute Gasteiger partial charge is 0.469 e. The number of carbonyl (C=O) groups is 1. The second kappa shape index (κ2) is 8.67. The highest BCUT2D eigenvalue weighted by atomic mass is 19.4. The number of rotatable bonds is 6. The summed E-state index contributed by atoms with van der Waals surface area (Å²) in [7, 11) is 0.